The second kappa shape index (κ2) is 5.37. The van der Waals surface area contributed by atoms with E-state index in [0.717, 1.165) is 12.2 Å². The van der Waals surface area contributed by atoms with Gasteiger partial charge in [0.1, 0.15) is 5.78 Å². The van der Waals surface area contributed by atoms with Crippen LogP contribution in [0.2, 0.25) is 0 Å². The maximum absolute atomic E-state index is 11.5. The Morgan fingerprint density at radius 1 is 1.60 bits per heavy atom. The van der Waals surface area contributed by atoms with E-state index in [1.165, 1.54) is 4.88 Å². The predicted molar refractivity (Wildman–Crippen MR) is 63.0 cm³/mol. The highest BCUT2D eigenvalue weighted by Gasteiger charge is 2.12. The van der Waals surface area contributed by atoms with Gasteiger partial charge in [-0.15, -0.1) is 11.3 Å². The third-order valence-corrected chi connectivity index (χ3v) is 3.25. The monoisotopic (exact) mass is 226 g/mol. The number of rotatable bonds is 5. The van der Waals surface area contributed by atoms with Crippen molar-refractivity contribution in [3.8, 4) is 0 Å². The van der Waals surface area contributed by atoms with E-state index in [1.54, 1.807) is 11.3 Å². The number of aryl methyl sites for hydroxylation is 1. The van der Waals surface area contributed by atoms with Crippen molar-refractivity contribution in [1.29, 1.82) is 0 Å². The number of nitrogens with zero attached hydrogens (tertiary/aromatic N) is 2. The number of carbonyl (C=O) groups excluding carboxylic acids is 1. The maximum Gasteiger partial charge on any atom is 0.149 e. The Morgan fingerprint density at radius 3 is 2.73 bits per heavy atom. The second-order valence-corrected chi connectivity index (χ2v) is 5.09. The van der Waals surface area contributed by atoms with Gasteiger partial charge in [-0.2, -0.15) is 0 Å². The zero-order valence-electron chi connectivity index (χ0n) is 9.78. The molecule has 0 bridgehead atoms. The van der Waals surface area contributed by atoms with Gasteiger partial charge >= 0.3 is 0 Å². The van der Waals surface area contributed by atoms with Crippen LogP contribution in [0.4, 0.5) is 0 Å². The lowest BCUT2D eigenvalue weighted by Crippen LogP contribution is -2.28. The van der Waals surface area contributed by atoms with Crippen LogP contribution >= 0.6 is 11.3 Å². The topological polar surface area (TPSA) is 33.2 Å². The Hall–Kier alpha value is -0.740. The van der Waals surface area contributed by atoms with Gasteiger partial charge in [0.15, 0.2) is 0 Å². The molecule has 3 nitrogen and oxygen atoms in total. The number of carbonyl (C=O) groups is 1. The summed E-state index contributed by atoms with van der Waals surface area (Å²) in [6, 6.07) is 0. The zero-order chi connectivity index (χ0) is 11.4. The summed E-state index contributed by atoms with van der Waals surface area (Å²) in [6.45, 7) is 7.22. The summed E-state index contributed by atoms with van der Waals surface area (Å²) in [7, 11) is 1.97. The molecule has 1 aromatic rings. The van der Waals surface area contributed by atoms with Crippen LogP contribution in [0.3, 0.4) is 0 Å². The molecule has 0 amide bonds. The largest absolute Gasteiger partial charge is 0.298 e. The highest BCUT2D eigenvalue weighted by Crippen LogP contribution is 2.14. The summed E-state index contributed by atoms with van der Waals surface area (Å²) in [5, 5.41) is 0. The van der Waals surface area contributed by atoms with E-state index in [2.05, 4.69) is 4.98 Å². The maximum atomic E-state index is 11.5. The van der Waals surface area contributed by atoms with Crippen molar-refractivity contribution in [3.63, 3.8) is 0 Å². The van der Waals surface area contributed by atoms with E-state index in [-0.39, 0.29) is 5.92 Å². The van der Waals surface area contributed by atoms with Crippen molar-refractivity contribution < 1.29 is 4.79 Å². The summed E-state index contributed by atoms with van der Waals surface area (Å²) in [5.41, 5.74) is 2.92. The van der Waals surface area contributed by atoms with Crippen molar-refractivity contribution in [2.45, 2.75) is 27.3 Å². The van der Waals surface area contributed by atoms with E-state index < -0.39 is 0 Å². The number of ketones is 1. The van der Waals surface area contributed by atoms with Crippen LogP contribution in [0.1, 0.15) is 24.4 Å². The third-order valence-electron chi connectivity index (χ3n) is 2.33. The summed E-state index contributed by atoms with van der Waals surface area (Å²) in [5.74, 6) is 0.412. The van der Waals surface area contributed by atoms with Crippen LogP contribution in [0.15, 0.2) is 5.51 Å². The Bertz CT molecular complexity index is 333. The van der Waals surface area contributed by atoms with Gasteiger partial charge in [-0.1, -0.05) is 13.8 Å². The first-order valence-electron chi connectivity index (χ1n) is 5.11. The van der Waals surface area contributed by atoms with Crippen molar-refractivity contribution in [2.75, 3.05) is 13.6 Å². The molecule has 1 aromatic heterocycles. The standard InChI is InChI=1S/C11H18N2OS/c1-8(2)10(14)5-13(4)6-11-9(3)12-7-15-11/h7-8H,5-6H2,1-4H3. The molecule has 0 radical (unpaired) electrons. The fraction of sp³-hybridized carbons (Fsp3) is 0.636. The number of likely N-dealkylation sites (N-methyl/N-ethyl adjacent to an activating group) is 1. The highest BCUT2D eigenvalue weighted by atomic mass is 32.1. The molecule has 1 heterocycles. The molecule has 0 spiro atoms. The van der Waals surface area contributed by atoms with Gasteiger partial charge in [0, 0.05) is 17.3 Å². The molecule has 0 aliphatic rings. The molecule has 0 atom stereocenters. The Balaban J connectivity index is 2.46. The lowest BCUT2D eigenvalue weighted by Gasteiger charge is -2.16. The molecule has 4 heteroatoms. The van der Waals surface area contributed by atoms with Crippen LogP contribution in [-0.2, 0) is 11.3 Å². The first kappa shape index (κ1) is 12.3. The molecule has 0 unspecified atom stereocenters. The smallest absolute Gasteiger partial charge is 0.149 e. The van der Waals surface area contributed by atoms with Gasteiger partial charge in [0.25, 0.3) is 0 Å². The van der Waals surface area contributed by atoms with E-state index in [0.29, 0.717) is 12.3 Å². The fourth-order valence-electron chi connectivity index (χ4n) is 1.23. The van der Waals surface area contributed by atoms with Crippen LogP contribution < -0.4 is 0 Å². The molecule has 0 saturated heterocycles. The first-order valence-corrected chi connectivity index (χ1v) is 5.99. The third kappa shape index (κ3) is 3.72. The van der Waals surface area contributed by atoms with Crippen LogP contribution in [0.5, 0.6) is 0 Å². The van der Waals surface area contributed by atoms with Gasteiger partial charge in [-0.25, -0.2) is 4.98 Å². The number of Topliss-reactive ketones (excluding diaryl/α,β-unsaturated/α-hetero) is 1. The van der Waals surface area contributed by atoms with E-state index in [4.69, 9.17) is 0 Å². The van der Waals surface area contributed by atoms with Crippen molar-refractivity contribution in [3.05, 3.63) is 16.1 Å². The van der Waals surface area contributed by atoms with Crippen molar-refractivity contribution in [1.82, 2.24) is 9.88 Å². The Kier molecular flexibility index (Phi) is 4.42. The minimum absolute atomic E-state index is 0.120. The molecule has 0 aliphatic heterocycles. The second-order valence-electron chi connectivity index (χ2n) is 4.15. The average molecular weight is 226 g/mol. The number of hydrogen-bond acceptors (Lipinski definition) is 4. The van der Waals surface area contributed by atoms with Gasteiger partial charge in [0.05, 0.1) is 17.7 Å². The molecule has 15 heavy (non-hydrogen) atoms. The normalized spacial score (nSPS) is 11.3. The van der Waals surface area contributed by atoms with Crippen molar-refractivity contribution in [2.24, 2.45) is 5.92 Å². The van der Waals surface area contributed by atoms with E-state index >= 15 is 0 Å². The van der Waals surface area contributed by atoms with Crippen LogP contribution in [-0.4, -0.2) is 29.3 Å². The summed E-state index contributed by atoms with van der Waals surface area (Å²) in [4.78, 5) is 19.0. The number of hydrogen-bond donors (Lipinski definition) is 0. The van der Waals surface area contributed by atoms with E-state index in [9.17, 15) is 4.79 Å². The molecule has 1 rings (SSSR count). The molecule has 0 aromatic carbocycles. The molecule has 0 aliphatic carbocycles. The van der Waals surface area contributed by atoms with Gasteiger partial charge < -0.3 is 0 Å². The Morgan fingerprint density at radius 2 is 2.27 bits per heavy atom. The van der Waals surface area contributed by atoms with Gasteiger partial charge in [-0.3, -0.25) is 9.69 Å². The Labute approximate surface area is 95.1 Å². The molecule has 0 saturated carbocycles. The minimum Gasteiger partial charge on any atom is -0.298 e. The lowest BCUT2D eigenvalue weighted by molar-refractivity contribution is -0.122. The molecule has 0 fully saturated rings. The lowest BCUT2D eigenvalue weighted by atomic mass is 10.1. The average Bonchev–Trinajstić information content (AvgIpc) is 2.51. The quantitative estimate of drug-likeness (QED) is 0.771. The number of aromatic nitrogens is 1. The molecule has 0 N–H and O–H groups in total. The fourth-order valence-corrected chi connectivity index (χ4v) is 2.08. The molecule has 84 valence electrons. The minimum atomic E-state index is 0.120. The first-order chi connectivity index (χ1) is 7.00. The van der Waals surface area contributed by atoms with Crippen molar-refractivity contribution >= 4 is 17.1 Å². The van der Waals surface area contributed by atoms with Crippen LogP contribution in [0.25, 0.3) is 0 Å². The summed E-state index contributed by atoms with van der Waals surface area (Å²) in [6.07, 6.45) is 0. The molecular formula is C11H18N2OS. The van der Waals surface area contributed by atoms with Gasteiger partial charge in [0.2, 0.25) is 0 Å². The predicted octanol–water partition coefficient (Wildman–Crippen LogP) is 2.11. The zero-order valence-corrected chi connectivity index (χ0v) is 10.6. The SMILES string of the molecule is Cc1ncsc1CN(C)CC(=O)C(C)C. The van der Waals surface area contributed by atoms with Crippen LogP contribution in [0, 0.1) is 12.8 Å². The number of thiazole rings is 1. The summed E-state index contributed by atoms with van der Waals surface area (Å²) < 4.78 is 0. The van der Waals surface area contributed by atoms with E-state index in [1.807, 2.05) is 38.2 Å². The van der Waals surface area contributed by atoms with Gasteiger partial charge in [-0.05, 0) is 14.0 Å². The molecular weight excluding hydrogens is 208 g/mol. The summed E-state index contributed by atoms with van der Waals surface area (Å²) >= 11 is 1.65. The highest BCUT2D eigenvalue weighted by molar-refractivity contribution is 7.09.